The molecule has 0 spiro atoms. The van der Waals surface area contributed by atoms with Gasteiger partial charge >= 0.3 is 0 Å². The molecule has 0 fully saturated rings. The predicted octanol–water partition coefficient (Wildman–Crippen LogP) is 2.87. The molecule has 0 atom stereocenters. The second-order valence-corrected chi connectivity index (χ2v) is 5.39. The smallest absolute Gasteiger partial charge is 0.231 e. The van der Waals surface area contributed by atoms with E-state index in [1.165, 1.54) is 6.33 Å². The second kappa shape index (κ2) is 7.27. The number of aryl methyl sites for hydroxylation is 2. The van der Waals surface area contributed by atoms with Gasteiger partial charge in [-0.25, -0.2) is 15.0 Å². The number of pyridine rings is 1. The van der Waals surface area contributed by atoms with Crippen LogP contribution in [0.2, 0.25) is 0 Å². The molecule has 24 heavy (non-hydrogen) atoms. The molecule has 3 rings (SSSR count). The molecule has 0 radical (unpaired) electrons. The van der Waals surface area contributed by atoms with Crippen LogP contribution in [0.25, 0.3) is 11.1 Å². The Kier molecular flexibility index (Phi) is 4.90. The number of anilines is 1. The third-order valence-electron chi connectivity index (χ3n) is 3.76. The highest BCUT2D eigenvalue weighted by molar-refractivity contribution is 5.89. The summed E-state index contributed by atoms with van der Waals surface area (Å²) in [6.45, 7) is 5.55. The van der Waals surface area contributed by atoms with E-state index in [9.17, 15) is 0 Å². The first kappa shape index (κ1) is 16.2. The van der Waals surface area contributed by atoms with Crippen LogP contribution in [0.1, 0.15) is 16.9 Å². The van der Waals surface area contributed by atoms with Crippen molar-refractivity contribution in [2.45, 2.75) is 20.4 Å². The van der Waals surface area contributed by atoms with Crippen LogP contribution < -0.4 is 10.1 Å². The number of nitrogens with one attached hydrogen (secondary N) is 1. The fraction of sp³-hybridized carbons (Fsp3) is 0.353. The molecule has 3 aromatic heterocycles. The highest BCUT2D eigenvalue weighted by Gasteiger charge is 2.13. The Morgan fingerprint density at radius 3 is 2.75 bits per heavy atom. The largest absolute Gasteiger partial charge is 0.475 e. The van der Waals surface area contributed by atoms with Gasteiger partial charge in [0.25, 0.3) is 0 Å². The van der Waals surface area contributed by atoms with Gasteiger partial charge in [-0.1, -0.05) is 6.07 Å². The maximum Gasteiger partial charge on any atom is 0.231 e. The number of hydrogen-bond donors (Lipinski definition) is 1. The number of nitrogens with zero attached hydrogens (tertiary/aromatic N) is 3. The van der Waals surface area contributed by atoms with Crippen LogP contribution >= 0.6 is 0 Å². The lowest BCUT2D eigenvalue weighted by Gasteiger charge is -2.08. The number of hydrogen-bond acceptors (Lipinski definition) is 7. The molecule has 7 nitrogen and oxygen atoms in total. The fourth-order valence-corrected chi connectivity index (χ4v) is 2.33. The van der Waals surface area contributed by atoms with Gasteiger partial charge in [-0.05, 0) is 19.4 Å². The van der Waals surface area contributed by atoms with E-state index in [1.54, 1.807) is 13.3 Å². The predicted molar refractivity (Wildman–Crippen MR) is 90.2 cm³/mol. The molecule has 7 heteroatoms. The summed E-state index contributed by atoms with van der Waals surface area (Å²) in [7, 11) is 1.64. The molecular formula is C17H20N4O3. The molecule has 0 aliphatic rings. The van der Waals surface area contributed by atoms with Crippen molar-refractivity contribution in [3.63, 3.8) is 0 Å². The SMILES string of the molecule is COCCOc1ccc(CNc2ncnc3oc(C)c(C)c23)cn1. The van der Waals surface area contributed by atoms with Crippen LogP contribution in [0.15, 0.2) is 29.1 Å². The standard InChI is InChI=1S/C17H20N4O3/c1-11-12(2)24-17-15(11)16(20-10-21-17)19-9-13-4-5-14(18-8-13)23-7-6-22-3/h4-5,8,10H,6-7,9H2,1-3H3,(H,19,20,21). The Morgan fingerprint density at radius 1 is 1.12 bits per heavy atom. The first-order valence-electron chi connectivity index (χ1n) is 7.70. The van der Waals surface area contributed by atoms with Crippen molar-refractivity contribution in [1.29, 1.82) is 0 Å². The van der Waals surface area contributed by atoms with Crippen molar-refractivity contribution in [2.24, 2.45) is 0 Å². The molecule has 0 saturated heterocycles. The second-order valence-electron chi connectivity index (χ2n) is 5.39. The van der Waals surface area contributed by atoms with Crippen LogP contribution in [0.3, 0.4) is 0 Å². The molecule has 0 saturated carbocycles. The first-order chi connectivity index (χ1) is 11.7. The van der Waals surface area contributed by atoms with Crippen LogP contribution in [0.5, 0.6) is 5.88 Å². The number of rotatable bonds is 7. The van der Waals surface area contributed by atoms with E-state index in [-0.39, 0.29) is 0 Å². The zero-order chi connectivity index (χ0) is 16.9. The third kappa shape index (κ3) is 3.46. The van der Waals surface area contributed by atoms with E-state index in [0.29, 0.717) is 31.4 Å². The van der Waals surface area contributed by atoms with Crippen LogP contribution in [-0.2, 0) is 11.3 Å². The van der Waals surface area contributed by atoms with Gasteiger partial charge in [0, 0.05) is 31.5 Å². The summed E-state index contributed by atoms with van der Waals surface area (Å²) < 4.78 is 16.0. The Hall–Kier alpha value is -2.67. The van der Waals surface area contributed by atoms with Crippen molar-refractivity contribution in [3.05, 3.63) is 41.5 Å². The molecule has 0 bridgehead atoms. The van der Waals surface area contributed by atoms with Crippen molar-refractivity contribution in [3.8, 4) is 5.88 Å². The number of fused-ring (bicyclic) bond motifs is 1. The molecule has 126 valence electrons. The molecule has 0 aliphatic carbocycles. The van der Waals surface area contributed by atoms with Gasteiger partial charge in [0.1, 0.15) is 24.5 Å². The molecule has 3 heterocycles. The highest BCUT2D eigenvalue weighted by Crippen LogP contribution is 2.28. The van der Waals surface area contributed by atoms with Crippen LogP contribution in [0, 0.1) is 13.8 Å². The monoisotopic (exact) mass is 328 g/mol. The van der Waals surface area contributed by atoms with Crippen LogP contribution in [0.4, 0.5) is 5.82 Å². The highest BCUT2D eigenvalue weighted by atomic mass is 16.5. The van der Waals surface area contributed by atoms with Gasteiger partial charge in [-0.3, -0.25) is 0 Å². The number of furan rings is 1. The summed E-state index contributed by atoms with van der Waals surface area (Å²) in [4.78, 5) is 12.8. The average molecular weight is 328 g/mol. The summed E-state index contributed by atoms with van der Waals surface area (Å²) in [5.41, 5.74) is 2.68. The first-order valence-corrected chi connectivity index (χ1v) is 7.70. The molecule has 1 N–H and O–H groups in total. The van der Waals surface area contributed by atoms with Crippen molar-refractivity contribution in [1.82, 2.24) is 15.0 Å². The topological polar surface area (TPSA) is 82.3 Å². The van der Waals surface area contributed by atoms with Gasteiger partial charge in [0.15, 0.2) is 0 Å². The number of methoxy groups -OCH3 is 1. The van der Waals surface area contributed by atoms with Gasteiger partial charge in [-0.15, -0.1) is 0 Å². The number of aromatic nitrogens is 3. The van der Waals surface area contributed by atoms with Gasteiger partial charge < -0.3 is 19.2 Å². The van der Waals surface area contributed by atoms with E-state index in [1.807, 2.05) is 26.0 Å². The van der Waals surface area contributed by atoms with Crippen molar-refractivity contribution in [2.75, 3.05) is 25.6 Å². The summed E-state index contributed by atoms with van der Waals surface area (Å²) in [5.74, 6) is 2.20. The van der Waals surface area contributed by atoms with Crippen molar-refractivity contribution < 1.29 is 13.9 Å². The third-order valence-corrected chi connectivity index (χ3v) is 3.76. The summed E-state index contributed by atoms with van der Waals surface area (Å²) in [6, 6.07) is 3.81. The van der Waals surface area contributed by atoms with Crippen LogP contribution in [-0.4, -0.2) is 35.3 Å². The minimum Gasteiger partial charge on any atom is -0.475 e. The zero-order valence-electron chi connectivity index (χ0n) is 14.0. The molecule has 0 amide bonds. The maximum absolute atomic E-state index is 5.62. The lowest BCUT2D eigenvalue weighted by molar-refractivity contribution is 0.143. The normalized spacial score (nSPS) is 11.0. The van der Waals surface area contributed by atoms with E-state index in [0.717, 1.165) is 28.1 Å². The molecular weight excluding hydrogens is 308 g/mol. The fourth-order valence-electron chi connectivity index (χ4n) is 2.33. The Labute approximate surface area is 140 Å². The Morgan fingerprint density at radius 2 is 2.00 bits per heavy atom. The minimum atomic E-state index is 0.485. The van der Waals surface area contributed by atoms with E-state index in [2.05, 4.69) is 20.3 Å². The van der Waals surface area contributed by atoms with E-state index < -0.39 is 0 Å². The average Bonchev–Trinajstić information content (AvgIpc) is 2.89. The molecule has 0 aliphatic heterocycles. The Bertz CT molecular complexity index is 815. The minimum absolute atomic E-state index is 0.485. The summed E-state index contributed by atoms with van der Waals surface area (Å²) >= 11 is 0. The summed E-state index contributed by atoms with van der Waals surface area (Å²) in [6.07, 6.45) is 3.28. The van der Waals surface area contributed by atoms with E-state index >= 15 is 0 Å². The zero-order valence-corrected chi connectivity index (χ0v) is 14.0. The molecule has 3 aromatic rings. The quantitative estimate of drug-likeness (QED) is 0.668. The lowest BCUT2D eigenvalue weighted by atomic mass is 10.2. The summed E-state index contributed by atoms with van der Waals surface area (Å²) in [5, 5.41) is 4.24. The van der Waals surface area contributed by atoms with Gasteiger partial charge in [0.2, 0.25) is 11.6 Å². The molecule has 0 unspecified atom stereocenters. The van der Waals surface area contributed by atoms with E-state index in [4.69, 9.17) is 13.9 Å². The molecule has 0 aromatic carbocycles. The van der Waals surface area contributed by atoms with Gasteiger partial charge in [0.05, 0.1) is 12.0 Å². The van der Waals surface area contributed by atoms with Gasteiger partial charge in [-0.2, -0.15) is 0 Å². The maximum atomic E-state index is 5.62. The lowest BCUT2D eigenvalue weighted by Crippen LogP contribution is -2.06. The van der Waals surface area contributed by atoms with Crippen molar-refractivity contribution >= 4 is 16.9 Å². The Balaban J connectivity index is 1.68. The number of ether oxygens (including phenoxy) is 2.